The van der Waals surface area contributed by atoms with E-state index < -0.39 is 0 Å². The minimum atomic E-state index is 0.344. The first-order valence-corrected chi connectivity index (χ1v) is 7.32. The fourth-order valence-electron chi connectivity index (χ4n) is 2.20. The maximum absolute atomic E-state index is 4.28. The van der Waals surface area contributed by atoms with Crippen molar-refractivity contribution in [2.75, 3.05) is 0 Å². The van der Waals surface area contributed by atoms with Gasteiger partial charge >= 0.3 is 0 Å². The molecule has 0 fully saturated rings. The number of thiol groups is 1. The lowest BCUT2D eigenvalue weighted by Crippen LogP contribution is -2.17. The molecule has 1 aromatic carbocycles. The Balaban J connectivity index is 0.00000121. The van der Waals surface area contributed by atoms with Crippen molar-refractivity contribution < 1.29 is 0 Å². The van der Waals surface area contributed by atoms with Crippen LogP contribution in [0.25, 0.3) is 0 Å². The van der Waals surface area contributed by atoms with Crippen molar-refractivity contribution in [1.82, 2.24) is 0 Å². The second-order valence-electron chi connectivity index (χ2n) is 5.23. The molecule has 0 saturated carbocycles. The first-order valence-electron chi connectivity index (χ1n) is 6.68. The highest BCUT2D eigenvalue weighted by molar-refractivity contribution is 7.79. The summed E-state index contributed by atoms with van der Waals surface area (Å²) in [5, 5.41) is 0. The summed E-state index contributed by atoms with van der Waals surface area (Å²) >= 11 is 4.28. The maximum Gasteiger partial charge on any atom is 0.0154 e. The highest BCUT2D eigenvalue weighted by Crippen LogP contribution is 2.37. The third kappa shape index (κ3) is 5.16. The van der Waals surface area contributed by atoms with Gasteiger partial charge in [-0.15, -0.1) is 0 Å². The predicted octanol–water partition coefficient (Wildman–Crippen LogP) is 5.68. The molecule has 1 aromatic rings. The highest BCUT2D eigenvalue weighted by Gasteiger charge is 2.24. The van der Waals surface area contributed by atoms with Crippen LogP contribution in [0.4, 0.5) is 0 Å². The van der Waals surface area contributed by atoms with Crippen molar-refractivity contribution in [3.05, 3.63) is 35.4 Å². The normalized spacial score (nSPS) is 12.6. The molecule has 0 aromatic heterocycles. The van der Waals surface area contributed by atoms with E-state index in [2.05, 4.69) is 64.6 Å². The van der Waals surface area contributed by atoms with E-state index in [1.807, 2.05) is 13.8 Å². The van der Waals surface area contributed by atoms with Gasteiger partial charge < -0.3 is 0 Å². The molecule has 1 rings (SSSR count). The van der Waals surface area contributed by atoms with Crippen molar-refractivity contribution >= 4 is 12.6 Å². The molecule has 1 atom stereocenters. The molecule has 0 amide bonds. The summed E-state index contributed by atoms with van der Waals surface area (Å²) in [4.78, 5) is 0. The molecule has 0 spiro atoms. The molecular weight excluding hydrogens is 224 g/mol. The lowest BCUT2D eigenvalue weighted by atomic mass is 9.75. The van der Waals surface area contributed by atoms with Crippen molar-refractivity contribution in [3.63, 3.8) is 0 Å². The third-order valence-corrected chi connectivity index (χ3v) is 3.38. The number of benzene rings is 1. The Morgan fingerprint density at radius 2 is 1.53 bits per heavy atom. The molecule has 0 saturated heterocycles. The third-order valence-electron chi connectivity index (χ3n) is 3.02. The van der Waals surface area contributed by atoms with Crippen LogP contribution in [0.3, 0.4) is 0 Å². The molecule has 0 aliphatic rings. The van der Waals surface area contributed by atoms with E-state index in [1.165, 1.54) is 17.5 Å². The van der Waals surface area contributed by atoms with Crippen molar-refractivity contribution in [1.29, 1.82) is 0 Å². The van der Waals surface area contributed by atoms with E-state index in [9.17, 15) is 0 Å². The summed E-state index contributed by atoms with van der Waals surface area (Å²) in [6, 6.07) is 8.89. The molecule has 0 aliphatic carbocycles. The zero-order valence-electron chi connectivity index (χ0n) is 12.2. The van der Waals surface area contributed by atoms with E-state index in [-0.39, 0.29) is 0 Å². The Hall–Kier alpha value is -0.430. The van der Waals surface area contributed by atoms with Crippen LogP contribution in [0.2, 0.25) is 0 Å². The summed E-state index contributed by atoms with van der Waals surface area (Å²) in [5.41, 5.74) is 3.10. The van der Waals surface area contributed by atoms with Gasteiger partial charge in [0.2, 0.25) is 0 Å². The molecule has 0 radical (unpaired) electrons. The second-order valence-corrected chi connectivity index (χ2v) is 5.54. The minimum Gasteiger partial charge on any atom is -0.175 e. The van der Waals surface area contributed by atoms with Gasteiger partial charge in [-0.1, -0.05) is 65.8 Å². The molecule has 0 heterocycles. The first kappa shape index (κ1) is 16.6. The topological polar surface area (TPSA) is 0 Å². The predicted molar refractivity (Wildman–Crippen MR) is 83.0 cm³/mol. The van der Waals surface area contributed by atoms with Crippen molar-refractivity contribution in [3.8, 4) is 0 Å². The number of rotatable bonds is 3. The van der Waals surface area contributed by atoms with Crippen LogP contribution < -0.4 is 0 Å². The fraction of sp³-hybridized carbons (Fsp3) is 0.625. The molecule has 17 heavy (non-hydrogen) atoms. The molecule has 0 nitrogen and oxygen atoms in total. The standard InChI is InChI=1S/C14H22S.C2H6/c1-5-13(14(2,3)4)12-8-6-11(10-15)7-9-12;1-2/h6-9,13,15H,5,10H2,1-4H3;1-2H3. The van der Waals surface area contributed by atoms with E-state index in [1.54, 1.807) is 0 Å². The Labute approximate surface area is 113 Å². The van der Waals surface area contributed by atoms with Gasteiger partial charge in [0.25, 0.3) is 0 Å². The van der Waals surface area contributed by atoms with Crippen molar-refractivity contribution in [2.45, 2.75) is 59.6 Å². The quantitative estimate of drug-likeness (QED) is 0.657. The fourth-order valence-corrected chi connectivity index (χ4v) is 2.41. The zero-order chi connectivity index (χ0) is 13.5. The summed E-state index contributed by atoms with van der Waals surface area (Å²) in [7, 11) is 0. The van der Waals surface area contributed by atoms with E-state index >= 15 is 0 Å². The molecule has 1 heteroatoms. The lowest BCUT2D eigenvalue weighted by molar-refractivity contribution is 0.312. The van der Waals surface area contributed by atoms with Crippen LogP contribution in [-0.2, 0) is 5.75 Å². The second kappa shape index (κ2) is 7.81. The van der Waals surface area contributed by atoms with Gasteiger partial charge in [0, 0.05) is 5.75 Å². The van der Waals surface area contributed by atoms with Crippen LogP contribution in [0, 0.1) is 5.41 Å². The van der Waals surface area contributed by atoms with Gasteiger partial charge in [0.15, 0.2) is 0 Å². The van der Waals surface area contributed by atoms with Gasteiger partial charge in [-0.05, 0) is 28.9 Å². The van der Waals surface area contributed by atoms with Gasteiger partial charge in [-0.25, -0.2) is 0 Å². The van der Waals surface area contributed by atoms with Crippen molar-refractivity contribution in [2.24, 2.45) is 5.41 Å². The van der Waals surface area contributed by atoms with Gasteiger partial charge in [-0.2, -0.15) is 12.6 Å². The average Bonchev–Trinajstić information content (AvgIpc) is 2.32. The lowest BCUT2D eigenvalue weighted by Gasteiger charge is -2.30. The Morgan fingerprint density at radius 3 is 1.82 bits per heavy atom. The monoisotopic (exact) mass is 252 g/mol. The first-order chi connectivity index (χ1) is 7.99. The number of hydrogen-bond acceptors (Lipinski definition) is 1. The molecule has 0 N–H and O–H groups in total. The molecule has 0 bridgehead atoms. The highest BCUT2D eigenvalue weighted by atomic mass is 32.1. The molecule has 98 valence electrons. The number of hydrogen-bond donors (Lipinski definition) is 1. The largest absolute Gasteiger partial charge is 0.175 e. The van der Waals surface area contributed by atoms with E-state index in [4.69, 9.17) is 0 Å². The van der Waals surface area contributed by atoms with Crippen LogP contribution in [0.1, 0.15) is 65.0 Å². The summed E-state index contributed by atoms with van der Waals surface area (Å²) in [5.74, 6) is 1.47. The van der Waals surface area contributed by atoms with Crippen LogP contribution >= 0.6 is 12.6 Å². The summed E-state index contributed by atoms with van der Waals surface area (Å²) in [6.07, 6.45) is 1.20. The average molecular weight is 252 g/mol. The molecule has 0 aliphatic heterocycles. The smallest absolute Gasteiger partial charge is 0.0154 e. The van der Waals surface area contributed by atoms with Crippen LogP contribution in [0.5, 0.6) is 0 Å². The van der Waals surface area contributed by atoms with E-state index in [0.717, 1.165) is 5.75 Å². The molecular formula is C16H28S. The molecule has 1 unspecified atom stereocenters. The Bertz CT molecular complexity index is 292. The summed E-state index contributed by atoms with van der Waals surface area (Å²) in [6.45, 7) is 13.2. The SMILES string of the molecule is CC.CCC(c1ccc(CS)cc1)C(C)(C)C. The maximum atomic E-state index is 4.28. The Kier molecular flexibility index (Phi) is 7.61. The summed E-state index contributed by atoms with van der Waals surface area (Å²) < 4.78 is 0. The van der Waals surface area contributed by atoms with E-state index in [0.29, 0.717) is 11.3 Å². The zero-order valence-corrected chi connectivity index (χ0v) is 13.1. The van der Waals surface area contributed by atoms with Crippen LogP contribution in [-0.4, -0.2) is 0 Å². The minimum absolute atomic E-state index is 0.344. The Morgan fingerprint density at radius 1 is 1.06 bits per heavy atom. The van der Waals surface area contributed by atoms with Crippen LogP contribution in [0.15, 0.2) is 24.3 Å². The van der Waals surface area contributed by atoms with Gasteiger partial charge in [0.1, 0.15) is 0 Å². The van der Waals surface area contributed by atoms with Gasteiger partial charge in [0.05, 0.1) is 0 Å². The van der Waals surface area contributed by atoms with Gasteiger partial charge in [-0.3, -0.25) is 0 Å².